The summed E-state index contributed by atoms with van der Waals surface area (Å²) in [7, 11) is 0. The fourth-order valence-electron chi connectivity index (χ4n) is 9.07. The highest BCUT2D eigenvalue weighted by Gasteiger charge is 2.57. The van der Waals surface area contributed by atoms with E-state index in [1.165, 1.54) is 31.3 Å². The van der Waals surface area contributed by atoms with Gasteiger partial charge in [0.1, 0.15) is 24.4 Å². The van der Waals surface area contributed by atoms with Crippen LogP contribution in [0.2, 0.25) is 0 Å². The zero-order valence-corrected chi connectivity index (χ0v) is 25.5. The summed E-state index contributed by atoms with van der Waals surface area (Å²) in [5, 5.41) is 40.3. The molecule has 6 nitrogen and oxygen atoms in total. The lowest BCUT2D eigenvalue weighted by molar-refractivity contribution is -0.312. The maximum Gasteiger partial charge on any atom is 0.186 e. The van der Waals surface area contributed by atoms with E-state index in [2.05, 4.69) is 65.8 Å². The quantitative estimate of drug-likeness (QED) is 0.323. The Hall–Kier alpha value is -1.02. The second kappa shape index (κ2) is 11.6. The standard InChI is InChI=1S/C34H54O6/c1-19(2)20(3)7-8-21(4)25-11-12-26-24-10-9-22-17-23(13-15-33(22,5)27(24)14-16-34(25,26)6)39-32-31(38)30(37)29(36)28(18-35)40-32/h7-10,19-21,23,25-32,35-38H,11-18H2,1-6H3/t20-,21+,23-,25+,26-,27-,28+,29+,30-,31+,32-,33-,34+/m0/s1. The molecule has 1 saturated heterocycles. The largest absolute Gasteiger partial charge is 0.394 e. The molecule has 4 fully saturated rings. The van der Waals surface area contributed by atoms with Crippen LogP contribution in [0.4, 0.5) is 0 Å². The van der Waals surface area contributed by atoms with Gasteiger partial charge >= 0.3 is 0 Å². The summed E-state index contributed by atoms with van der Waals surface area (Å²) in [6.07, 6.45) is 11.3. The summed E-state index contributed by atoms with van der Waals surface area (Å²) in [5.41, 5.74) is 3.58. The van der Waals surface area contributed by atoms with E-state index >= 15 is 0 Å². The first-order chi connectivity index (χ1) is 18.9. The molecule has 6 heteroatoms. The Kier molecular flexibility index (Phi) is 8.81. The van der Waals surface area contributed by atoms with Crippen LogP contribution >= 0.6 is 0 Å². The van der Waals surface area contributed by atoms with Gasteiger partial charge in [0, 0.05) is 0 Å². The fraction of sp³-hybridized carbons (Fsp3) is 0.824. The number of hydrogen-bond acceptors (Lipinski definition) is 6. The summed E-state index contributed by atoms with van der Waals surface area (Å²) >= 11 is 0. The topological polar surface area (TPSA) is 99.4 Å². The monoisotopic (exact) mass is 558 g/mol. The van der Waals surface area contributed by atoms with Crippen LogP contribution in [-0.2, 0) is 9.47 Å². The van der Waals surface area contributed by atoms with E-state index < -0.39 is 37.3 Å². The predicted octanol–water partition coefficient (Wildman–Crippen LogP) is 5.16. The number of aliphatic hydroxyl groups excluding tert-OH is 4. The maximum absolute atomic E-state index is 10.5. The summed E-state index contributed by atoms with van der Waals surface area (Å²) in [6, 6.07) is 0. The van der Waals surface area contributed by atoms with Crippen molar-refractivity contribution < 1.29 is 29.9 Å². The molecule has 1 aliphatic heterocycles. The molecule has 0 bridgehead atoms. The highest BCUT2D eigenvalue weighted by Crippen LogP contribution is 2.66. The number of ether oxygens (including phenoxy) is 2. The Labute approximate surface area is 241 Å². The highest BCUT2D eigenvalue weighted by molar-refractivity contribution is 5.39. The van der Waals surface area contributed by atoms with E-state index in [1.54, 1.807) is 5.57 Å². The van der Waals surface area contributed by atoms with Crippen molar-refractivity contribution in [3.8, 4) is 0 Å². The normalized spacial score (nSPS) is 46.8. The SMILES string of the molecule is CC(C)[C@@H](C)C=C[C@@H](C)[C@H]1CC[C@H]2C3=CC=C4C[C@@H](O[C@H]5O[C@H](CO)[C@@H](O)[C@H](O)[C@H]5O)CC[C@]4(C)[C@H]3CC[C@]12C. The van der Waals surface area contributed by atoms with E-state index in [9.17, 15) is 20.4 Å². The van der Waals surface area contributed by atoms with Gasteiger partial charge in [-0.1, -0.05) is 77.0 Å². The number of rotatable bonds is 7. The van der Waals surface area contributed by atoms with Gasteiger partial charge in [-0.25, -0.2) is 0 Å². The van der Waals surface area contributed by atoms with Crippen LogP contribution in [0.3, 0.4) is 0 Å². The molecular formula is C34H54O6. The summed E-state index contributed by atoms with van der Waals surface area (Å²) in [6.45, 7) is 14.0. The maximum atomic E-state index is 10.5. The zero-order chi connectivity index (χ0) is 29.0. The summed E-state index contributed by atoms with van der Waals surface area (Å²) in [4.78, 5) is 0. The van der Waals surface area contributed by atoms with Crippen molar-refractivity contribution in [3.63, 3.8) is 0 Å². The first-order valence-electron chi connectivity index (χ1n) is 16.0. The fourth-order valence-corrected chi connectivity index (χ4v) is 9.07. The molecule has 0 unspecified atom stereocenters. The number of allylic oxidation sites excluding steroid dienone is 5. The van der Waals surface area contributed by atoms with Crippen molar-refractivity contribution in [2.75, 3.05) is 6.61 Å². The van der Waals surface area contributed by atoms with Gasteiger partial charge in [-0.3, -0.25) is 0 Å². The van der Waals surface area contributed by atoms with Gasteiger partial charge in [-0.05, 0) is 91.3 Å². The minimum atomic E-state index is -1.41. The van der Waals surface area contributed by atoms with Crippen LogP contribution < -0.4 is 0 Å². The molecule has 0 amide bonds. The lowest BCUT2D eigenvalue weighted by atomic mass is 9.50. The Morgan fingerprint density at radius 3 is 2.38 bits per heavy atom. The third-order valence-electron chi connectivity index (χ3n) is 12.2. The van der Waals surface area contributed by atoms with Gasteiger partial charge in [0.15, 0.2) is 6.29 Å². The molecule has 0 aromatic heterocycles. The molecule has 4 N–H and O–H groups in total. The van der Waals surface area contributed by atoms with E-state index in [1.807, 2.05) is 0 Å². The van der Waals surface area contributed by atoms with Crippen LogP contribution in [-0.4, -0.2) is 63.8 Å². The lowest BCUT2D eigenvalue weighted by Gasteiger charge is -2.55. The van der Waals surface area contributed by atoms with E-state index in [4.69, 9.17) is 9.47 Å². The third-order valence-corrected chi connectivity index (χ3v) is 12.2. The smallest absolute Gasteiger partial charge is 0.186 e. The van der Waals surface area contributed by atoms with Crippen molar-refractivity contribution in [1.82, 2.24) is 0 Å². The molecule has 1 heterocycles. The van der Waals surface area contributed by atoms with Crippen molar-refractivity contribution in [1.29, 1.82) is 0 Å². The van der Waals surface area contributed by atoms with E-state index in [0.717, 1.165) is 25.2 Å². The minimum absolute atomic E-state index is 0.122. The van der Waals surface area contributed by atoms with Crippen molar-refractivity contribution in [2.45, 2.75) is 123 Å². The number of hydrogen-bond donors (Lipinski definition) is 4. The summed E-state index contributed by atoms with van der Waals surface area (Å²) < 4.78 is 11.8. The average molecular weight is 559 g/mol. The summed E-state index contributed by atoms with van der Waals surface area (Å²) in [5.74, 6) is 3.87. The molecule has 3 saturated carbocycles. The van der Waals surface area contributed by atoms with E-state index in [0.29, 0.717) is 35.0 Å². The van der Waals surface area contributed by atoms with Crippen LogP contribution in [0.25, 0.3) is 0 Å². The van der Waals surface area contributed by atoms with Crippen LogP contribution in [0, 0.1) is 46.3 Å². The van der Waals surface area contributed by atoms with Crippen molar-refractivity contribution in [3.05, 3.63) is 35.5 Å². The molecule has 0 radical (unpaired) electrons. The van der Waals surface area contributed by atoms with Crippen LogP contribution in [0.5, 0.6) is 0 Å². The minimum Gasteiger partial charge on any atom is -0.394 e. The highest BCUT2D eigenvalue weighted by atomic mass is 16.7. The molecule has 40 heavy (non-hydrogen) atoms. The second-order valence-corrected chi connectivity index (χ2v) is 14.7. The molecule has 5 aliphatic rings. The molecule has 13 atom stereocenters. The molecule has 0 spiro atoms. The van der Waals surface area contributed by atoms with Crippen LogP contribution in [0.1, 0.15) is 86.5 Å². The van der Waals surface area contributed by atoms with Crippen molar-refractivity contribution in [2.24, 2.45) is 46.3 Å². The Morgan fingerprint density at radius 1 is 0.925 bits per heavy atom. The molecule has 4 aliphatic carbocycles. The first kappa shape index (κ1) is 30.4. The molecular weight excluding hydrogens is 504 g/mol. The lowest BCUT2D eigenvalue weighted by Crippen LogP contribution is -2.60. The van der Waals surface area contributed by atoms with E-state index in [-0.39, 0.29) is 11.5 Å². The van der Waals surface area contributed by atoms with Crippen molar-refractivity contribution >= 4 is 0 Å². The van der Waals surface area contributed by atoms with Gasteiger partial charge < -0.3 is 29.9 Å². The average Bonchev–Trinajstić information content (AvgIpc) is 3.29. The van der Waals surface area contributed by atoms with Gasteiger partial charge in [-0.2, -0.15) is 0 Å². The van der Waals surface area contributed by atoms with Crippen LogP contribution in [0.15, 0.2) is 35.5 Å². The first-order valence-corrected chi connectivity index (χ1v) is 16.0. The van der Waals surface area contributed by atoms with Gasteiger partial charge in [0.25, 0.3) is 0 Å². The Morgan fingerprint density at radius 2 is 1.68 bits per heavy atom. The Bertz CT molecular complexity index is 1000. The molecule has 226 valence electrons. The third kappa shape index (κ3) is 5.20. The molecule has 0 aromatic rings. The Balaban J connectivity index is 1.29. The number of fused-ring (bicyclic) bond motifs is 5. The van der Waals surface area contributed by atoms with Gasteiger partial charge in [0.05, 0.1) is 12.7 Å². The second-order valence-electron chi connectivity index (χ2n) is 14.7. The molecule has 0 aromatic carbocycles. The van der Waals surface area contributed by atoms with Gasteiger partial charge in [0.2, 0.25) is 0 Å². The predicted molar refractivity (Wildman–Crippen MR) is 156 cm³/mol. The number of aliphatic hydroxyl groups is 4. The van der Waals surface area contributed by atoms with Gasteiger partial charge in [-0.15, -0.1) is 0 Å². The molecule has 5 rings (SSSR count). The zero-order valence-electron chi connectivity index (χ0n) is 25.5.